The molecule has 0 amide bonds. The second-order valence-electron chi connectivity index (χ2n) is 11.6. The largest absolute Gasteiger partial charge is 0.497 e. The van der Waals surface area contributed by atoms with Gasteiger partial charge in [0, 0.05) is 35.9 Å². The molecule has 3 aliphatic heterocycles. The fourth-order valence-electron chi connectivity index (χ4n) is 7.71. The van der Waals surface area contributed by atoms with Gasteiger partial charge in [-0.05, 0) is 63.4 Å². The van der Waals surface area contributed by atoms with Crippen molar-refractivity contribution >= 4 is 32.4 Å². The van der Waals surface area contributed by atoms with E-state index < -0.39 is 6.10 Å². The molecule has 0 radical (unpaired) electrons. The van der Waals surface area contributed by atoms with Crippen LogP contribution in [0.15, 0.2) is 97.7 Å². The summed E-state index contributed by atoms with van der Waals surface area (Å²) in [7, 11) is 1.68. The highest BCUT2D eigenvalue weighted by Crippen LogP contribution is 2.49. The molecule has 4 aromatic carbocycles. The number of aliphatic hydroxyl groups excluding tert-OH is 1. The number of piperidine rings is 3. The lowest BCUT2D eigenvalue weighted by atomic mass is 9.71. The smallest absolute Gasteiger partial charge is 0.131 e. The van der Waals surface area contributed by atoms with Gasteiger partial charge in [-0.25, -0.2) is 0 Å². The van der Waals surface area contributed by atoms with Crippen LogP contribution < -0.4 is 4.74 Å². The molecule has 5 atom stereocenters. The average molecular weight is 516 g/mol. The summed E-state index contributed by atoms with van der Waals surface area (Å²) in [6.07, 6.45) is 5.58. The second kappa shape index (κ2) is 9.48. The van der Waals surface area contributed by atoms with Crippen molar-refractivity contribution in [3.05, 3.63) is 109 Å². The third kappa shape index (κ3) is 3.93. The molecule has 0 saturated carbocycles. The summed E-state index contributed by atoms with van der Waals surface area (Å²) in [6.45, 7) is 7.21. The third-order valence-corrected chi connectivity index (χ3v) is 9.70. The standard InChI is InChI=1S/C35H35N2O2/c1-3-23-21-37(22-32-28-10-6-4-8-25(28)18-26-9-5-7-11-29(26)32)17-15-24(23)19-34(37)35(38)30-14-16-36-33-13-12-27(39-2)20-31(30)33/h3-14,16,18,20,23-24,34-35,38H,1,15,17,19,21-22H2,2H3/q+1/t23?,24?,34-,35+,37?/m0/s1. The Labute approximate surface area is 229 Å². The molecule has 1 aromatic heterocycles. The summed E-state index contributed by atoms with van der Waals surface area (Å²) in [5.74, 6) is 1.82. The van der Waals surface area contributed by atoms with Crippen molar-refractivity contribution in [1.82, 2.24) is 4.98 Å². The van der Waals surface area contributed by atoms with Gasteiger partial charge in [0.15, 0.2) is 0 Å². The number of fused-ring (bicyclic) bond motifs is 6. The van der Waals surface area contributed by atoms with E-state index in [2.05, 4.69) is 72.2 Å². The van der Waals surface area contributed by atoms with Gasteiger partial charge in [-0.3, -0.25) is 4.98 Å². The minimum absolute atomic E-state index is 0.0921. The Morgan fingerprint density at radius 2 is 1.74 bits per heavy atom. The number of aliphatic hydroxyl groups is 1. The highest BCUT2D eigenvalue weighted by atomic mass is 16.5. The zero-order valence-electron chi connectivity index (χ0n) is 22.5. The van der Waals surface area contributed by atoms with Crippen LogP contribution in [0.25, 0.3) is 32.4 Å². The van der Waals surface area contributed by atoms with Crippen LogP contribution in [-0.2, 0) is 6.54 Å². The fraction of sp³-hybridized carbons (Fsp3) is 0.286. The molecular weight excluding hydrogens is 480 g/mol. The fourth-order valence-corrected chi connectivity index (χ4v) is 7.71. The molecule has 5 aromatic rings. The molecule has 3 unspecified atom stereocenters. The Bertz CT molecular complexity index is 1660. The summed E-state index contributed by atoms with van der Waals surface area (Å²) in [6, 6.07) is 27.9. The Hall–Kier alpha value is -3.73. The molecule has 0 aliphatic carbocycles. The molecule has 196 valence electrons. The van der Waals surface area contributed by atoms with Crippen LogP contribution in [0.1, 0.15) is 30.1 Å². The predicted octanol–water partition coefficient (Wildman–Crippen LogP) is 7.19. The molecule has 4 heteroatoms. The Morgan fingerprint density at radius 1 is 1.00 bits per heavy atom. The van der Waals surface area contributed by atoms with E-state index in [-0.39, 0.29) is 6.04 Å². The normalized spacial score (nSPS) is 25.2. The van der Waals surface area contributed by atoms with Gasteiger partial charge in [0.25, 0.3) is 0 Å². The van der Waals surface area contributed by atoms with Crippen molar-refractivity contribution in [2.75, 3.05) is 20.2 Å². The molecule has 4 heterocycles. The predicted molar refractivity (Wildman–Crippen MR) is 159 cm³/mol. The molecule has 39 heavy (non-hydrogen) atoms. The van der Waals surface area contributed by atoms with Crippen molar-refractivity contribution in [1.29, 1.82) is 0 Å². The van der Waals surface area contributed by atoms with E-state index in [9.17, 15) is 5.11 Å². The molecule has 4 nitrogen and oxygen atoms in total. The number of aromatic nitrogens is 1. The van der Waals surface area contributed by atoms with Crippen molar-refractivity contribution in [3.63, 3.8) is 0 Å². The van der Waals surface area contributed by atoms with Crippen LogP contribution in [0.3, 0.4) is 0 Å². The Morgan fingerprint density at radius 3 is 2.46 bits per heavy atom. The third-order valence-electron chi connectivity index (χ3n) is 9.70. The Kier molecular flexibility index (Phi) is 5.91. The van der Waals surface area contributed by atoms with Gasteiger partial charge in [0.1, 0.15) is 24.4 Å². The van der Waals surface area contributed by atoms with E-state index in [0.717, 1.165) is 52.8 Å². The highest BCUT2D eigenvalue weighted by molar-refractivity contribution is 6.02. The molecule has 1 N–H and O–H groups in total. The number of ether oxygens (including phenoxy) is 1. The van der Waals surface area contributed by atoms with Crippen LogP contribution in [0.2, 0.25) is 0 Å². The first kappa shape index (κ1) is 24.3. The summed E-state index contributed by atoms with van der Waals surface area (Å²) in [4.78, 5) is 4.59. The van der Waals surface area contributed by atoms with Gasteiger partial charge < -0.3 is 14.3 Å². The van der Waals surface area contributed by atoms with E-state index in [1.165, 1.54) is 33.5 Å². The molecule has 8 rings (SSSR count). The van der Waals surface area contributed by atoms with Gasteiger partial charge in [-0.2, -0.15) is 0 Å². The van der Waals surface area contributed by atoms with Crippen LogP contribution in [0.4, 0.5) is 0 Å². The maximum atomic E-state index is 12.2. The number of rotatable bonds is 6. The zero-order chi connectivity index (χ0) is 26.6. The Balaban J connectivity index is 1.39. The summed E-state index contributed by atoms with van der Waals surface area (Å²) in [5.41, 5.74) is 3.23. The molecule has 2 bridgehead atoms. The van der Waals surface area contributed by atoms with Crippen LogP contribution in [0, 0.1) is 11.8 Å². The number of pyridine rings is 1. The van der Waals surface area contributed by atoms with Gasteiger partial charge in [-0.1, -0.05) is 54.6 Å². The van der Waals surface area contributed by atoms with E-state index in [0.29, 0.717) is 11.8 Å². The lowest BCUT2D eigenvalue weighted by Crippen LogP contribution is -2.67. The molecule has 3 aliphatic rings. The van der Waals surface area contributed by atoms with Gasteiger partial charge in [0.05, 0.1) is 25.7 Å². The first-order valence-corrected chi connectivity index (χ1v) is 14.1. The minimum Gasteiger partial charge on any atom is -0.497 e. The van der Waals surface area contributed by atoms with Crippen LogP contribution in [0.5, 0.6) is 5.75 Å². The average Bonchev–Trinajstić information content (AvgIpc) is 3.00. The maximum Gasteiger partial charge on any atom is 0.131 e. The van der Waals surface area contributed by atoms with Crippen LogP contribution in [-0.4, -0.2) is 40.8 Å². The summed E-state index contributed by atoms with van der Waals surface area (Å²) < 4.78 is 6.41. The quantitative estimate of drug-likeness (QED) is 0.148. The topological polar surface area (TPSA) is 42.4 Å². The number of hydrogen-bond acceptors (Lipinski definition) is 3. The number of quaternary nitrogens is 1. The molecule has 0 spiro atoms. The van der Waals surface area contributed by atoms with Crippen molar-refractivity contribution in [2.24, 2.45) is 11.8 Å². The first-order chi connectivity index (χ1) is 19.1. The maximum absolute atomic E-state index is 12.2. The van der Waals surface area contributed by atoms with Gasteiger partial charge in [-0.15, -0.1) is 6.58 Å². The number of methoxy groups -OCH3 is 1. The molecular formula is C35H35N2O2+. The lowest BCUT2D eigenvalue weighted by molar-refractivity contribution is -0.984. The summed E-state index contributed by atoms with van der Waals surface area (Å²) in [5, 5.41) is 18.4. The van der Waals surface area contributed by atoms with Crippen molar-refractivity contribution < 1.29 is 14.3 Å². The molecule has 3 saturated heterocycles. The van der Waals surface area contributed by atoms with Gasteiger partial charge >= 0.3 is 0 Å². The van der Waals surface area contributed by atoms with Gasteiger partial charge in [0.2, 0.25) is 0 Å². The number of hydrogen-bond donors (Lipinski definition) is 1. The van der Waals surface area contributed by atoms with E-state index in [4.69, 9.17) is 4.74 Å². The lowest BCUT2D eigenvalue weighted by Gasteiger charge is -2.58. The summed E-state index contributed by atoms with van der Waals surface area (Å²) >= 11 is 0. The van der Waals surface area contributed by atoms with Crippen LogP contribution >= 0.6 is 0 Å². The monoisotopic (exact) mass is 515 g/mol. The highest BCUT2D eigenvalue weighted by Gasteiger charge is 2.54. The number of nitrogens with zero attached hydrogens (tertiary/aromatic N) is 2. The van der Waals surface area contributed by atoms with E-state index >= 15 is 0 Å². The van der Waals surface area contributed by atoms with Crippen molar-refractivity contribution in [3.8, 4) is 5.75 Å². The SMILES string of the molecule is C=CC1C[N+]2(Cc3c4ccccc4cc4ccccc34)CCC1C[C@H]2[C@H](O)c1ccnc2ccc(OC)cc12. The minimum atomic E-state index is -0.600. The zero-order valence-corrected chi connectivity index (χ0v) is 22.5. The van der Waals surface area contributed by atoms with E-state index in [1.807, 2.05) is 30.5 Å². The second-order valence-corrected chi connectivity index (χ2v) is 11.6. The van der Waals surface area contributed by atoms with E-state index in [1.54, 1.807) is 7.11 Å². The first-order valence-electron chi connectivity index (χ1n) is 14.1. The number of benzene rings is 4. The molecule has 3 fully saturated rings. The van der Waals surface area contributed by atoms with Crippen molar-refractivity contribution in [2.45, 2.75) is 31.5 Å².